The first kappa shape index (κ1) is 69.9. The maximum absolute atomic E-state index is 13.0. The molecule has 82 heavy (non-hydrogen) atoms. The number of benzene rings is 4. The van der Waals surface area contributed by atoms with E-state index in [1.807, 2.05) is 89.8 Å². The third-order valence-corrected chi connectivity index (χ3v) is 14.7. The highest BCUT2D eigenvalue weighted by atomic mass is 19.4. The number of alkyl halides is 12. The Morgan fingerprint density at radius 3 is 1.05 bits per heavy atom. The zero-order valence-corrected chi connectivity index (χ0v) is 47.5. The zero-order chi connectivity index (χ0) is 62.1. The number of aliphatic carboxylic acids is 1. The molecule has 4 rings (SSSR count). The SMILES string of the molecule is CCC(CC)(c1ccc(C#CC(O)(C(F)(F)F)C(F)(F)F)c(C)c1)c1ccc(OCCCCCC(=O)O)c(C)c1.CCOC(=O)CCCCCOc1ccc(C(CC)(CC)c2ccc(C#CC(O)(C(F)(F)F)C(F)(F)F)c(C)c2)cc1C. The number of carboxylic acids is 1. The van der Waals surface area contributed by atoms with E-state index in [1.165, 1.54) is 12.1 Å². The fourth-order valence-corrected chi connectivity index (χ4v) is 9.51. The first-order valence-electron chi connectivity index (χ1n) is 26.9. The minimum Gasteiger partial charge on any atom is -0.493 e. The van der Waals surface area contributed by atoms with E-state index in [0.29, 0.717) is 75.2 Å². The number of carbonyl (C=O) groups is 2. The van der Waals surface area contributed by atoms with Gasteiger partial charge >= 0.3 is 47.8 Å². The summed E-state index contributed by atoms with van der Waals surface area (Å²) in [6.07, 6.45) is -16.5. The predicted molar refractivity (Wildman–Crippen MR) is 288 cm³/mol. The minimum absolute atomic E-state index is 0.0473. The van der Waals surface area contributed by atoms with E-state index in [2.05, 4.69) is 0 Å². The summed E-state index contributed by atoms with van der Waals surface area (Å²) in [4.78, 5) is 22.0. The lowest BCUT2D eigenvalue weighted by atomic mass is 9.70. The number of carboxylic acid groups (broad SMARTS) is 1. The van der Waals surface area contributed by atoms with Crippen molar-refractivity contribution < 1.29 is 91.8 Å². The molecule has 0 saturated carbocycles. The first-order valence-corrected chi connectivity index (χ1v) is 26.9. The van der Waals surface area contributed by atoms with Gasteiger partial charge in [0, 0.05) is 34.8 Å². The number of hydrogen-bond donors (Lipinski definition) is 3. The number of rotatable bonds is 23. The summed E-state index contributed by atoms with van der Waals surface area (Å²) < 4.78 is 173. The fourth-order valence-electron chi connectivity index (χ4n) is 9.51. The molecule has 0 spiro atoms. The number of aliphatic hydroxyl groups is 2. The molecule has 0 radical (unpaired) electrons. The van der Waals surface area contributed by atoms with Crippen molar-refractivity contribution in [3.8, 4) is 35.2 Å². The van der Waals surface area contributed by atoms with Crippen molar-refractivity contribution in [1.29, 1.82) is 0 Å². The van der Waals surface area contributed by atoms with Crippen LogP contribution in [0.3, 0.4) is 0 Å². The highest BCUT2D eigenvalue weighted by molar-refractivity contribution is 5.69. The van der Waals surface area contributed by atoms with Crippen molar-refractivity contribution in [3.05, 3.63) is 128 Å². The molecule has 0 bridgehead atoms. The Morgan fingerprint density at radius 2 is 0.768 bits per heavy atom. The van der Waals surface area contributed by atoms with Crippen LogP contribution in [0.4, 0.5) is 52.7 Å². The molecule has 0 aliphatic carbocycles. The second-order valence-corrected chi connectivity index (χ2v) is 20.0. The van der Waals surface area contributed by atoms with Crippen LogP contribution in [0.15, 0.2) is 72.8 Å². The Hall–Kier alpha value is -6.38. The van der Waals surface area contributed by atoms with Gasteiger partial charge in [-0.25, -0.2) is 0 Å². The molecule has 0 unspecified atom stereocenters. The minimum atomic E-state index is -6.01. The van der Waals surface area contributed by atoms with E-state index in [1.54, 1.807) is 45.0 Å². The zero-order valence-electron chi connectivity index (χ0n) is 47.5. The highest BCUT2D eigenvalue weighted by Crippen LogP contribution is 2.46. The monoisotopic (exact) mass is 1170 g/mol. The molecule has 3 N–H and O–H groups in total. The summed E-state index contributed by atoms with van der Waals surface area (Å²) in [7, 11) is 0. The van der Waals surface area contributed by atoms with Crippen LogP contribution in [-0.2, 0) is 25.2 Å². The van der Waals surface area contributed by atoms with Gasteiger partial charge in [-0.15, -0.1) is 0 Å². The van der Waals surface area contributed by atoms with E-state index in [9.17, 15) is 72.5 Å². The number of unbranched alkanes of at least 4 members (excludes halogenated alkanes) is 4. The predicted octanol–water partition coefficient (Wildman–Crippen LogP) is 15.8. The molecular formula is C62H72F12O8. The van der Waals surface area contributed by atoms with E-state index in [4.69, 9.17) is 19.3 Å². The van der Waals surface area contributed by atoms with Crippen LogP contribution in [0.2, 0.25) is 0 Å². The maximum Gasteiger partial charge on any atom is 0.438 e. The molecule has 0 aliphatic rings. The second-order valence-electron chi connectivity index (χ2n) is 20.0. The van der Waals surface area contributed by atoms with Crippen LogP contribution in [0.5, 0.6) is 11.5 Å². The van der Waals surface area contributed by atoms with Crippen molar-refractivity contribution in [2.24, 2.45) is 0 Å². The molecule has 0 amide bonds. The molecule has 4 aromatic carbocycles. The van der Waals surface area contributed by atoms with Gasteiger partial charge in [0.2, 0.25) is 0 Å². The Bertz CT molecular complexity index is 2860. The lowest BCUT2D eigenvalue weighted by Crippen LogP contribution is -2.55. The summed E-state index contributed by atoms with van der Waals surface area (Å²) in [5, 5.41) is 27.4. The number of hydrogen-bond acceptors (Lipinski definition) is 7. The van der Waals surface area contributed by atoms with Crippen LogP contribution < -0.4 is 9.47 Å². The number of ether oxygens (including phenoxy) is 3. The van der Waals surface area contributed by atoms with Crippen LogP contribution in [0.1, 0.15) is 167 Å². The number of carbonyl (C=O) groups excluding carboxylic acids is 1. The van der Waals surface area contributed by atoms with Gasteiger partial charge in [0.05, 0.1) is 19.8 Å². The number of aryl methyl sites for hydroxylation is 4. The van der Waals surface area contributed by atoms with Gasteiger partial charge in [-0.3, -0.25) is 9.59 Å². The van der Waals surface area contributed by atoms with Gasteiger partial charge in [-0.05, 0) is 179 Å². The van der Waals surface area contributed by atoms with E-state index >= 15 is 0 Å². The third-order valence-electron chi connectivity index (χ3n) is 14.7. The quantitative estimate of drug-likeness (QED) is 0.0291. The van der Waals surface area contributed by atoms with Crippen molar-refractivity contribution in [2.75, 3.05) is 19.8 Å². The second kappa shape index (κ2) is 29.2. The van der Waals surface area contributed by atoms with Crippen LogP contribution in [-0.4, -0.2) is 83.0 Å². The molecule has 0 aromatic heterocycles. The number of halogens is 12. The maximum atomic E-state index is 13.0. The Morgan fingerprint density at radius 1 is 0.451 bits per heavy atom. The van der Waals surface area contributed by atoms with Crippen LogP contribution >= 0.6 is 0 Å². The summed E-state index contributed by atoms with van der Waals surface area (Å²) in [6, 6.07) is 21.2. The fraction of sp³-hybridized carbons (Fsp3) is 0.516. The van der Waals surface area contributed by atoms with Crippen LogP contribution in [0, 0.1) is 51.4 Å². The summed E-state index contributed by atoms with van der Waals surface area (Å²) >= 11 is 0. The van der Waals surface area contributed by atoms with E-state index in [-0.39, 0.29) is 23.5 Å². The molecule has 20 heteroatoms. The summed E-state index contributed by atoms with van der Waals surface area (Å²) in [5.74, 6) is 6.23. The Balaban J connectivity index is 0.000000431. The van der Waals surface area contributed by atoms with Gasteiger partial charge in [0.1, 0.15) is 11.5 Å². The topological polar surface area (TPSA) is 123 Å². The summed E-state index contributed by atoms with van der Waals surface area (Å²) in [5.41, 5.74) is -5.13. The number of esters is 1. The standard InChI is InChI=1S/C32H38F6O4.C30H34F6O4/c1-6-29(7-2,26-15-16-27(23(5)21-26)42-19-11-9-10-12-28(39)41-8-3)25-14-13-24(22(4)20-25)17-18-30(40,31(33,34)35)32(36,37)38;1-5-27(6-2,24-13-14-25(21(4)19-24)40-17-9-7-8-10-26(37)38)23-12-11-22(20(3)18-23)15-16-28(39,29(31,32)33)30(34,35)36/h13-16,20-21,40H,6-12,19H2,1-5H3;11-14,18-19,39H,5-10,17H2,1-4H3,(H,37,38). The molecule has 0 fully saturated rings. The van der Waals surface area contributed by atoms with Crippen molar-refractivity contribution in [1.82, 2.24) is 0 Å². The lowest BCUT2D eigenvalue weighted by molar-refractivity contribution is -0.344. The van der Waals surface area contributed by atoms with Gasteiger partial charge in [-0.2, -0.15) is 52.7 Å². The molecule has 4 aromatic rings. The average Bonchev–Trinajstić information content (AvgIpc) is 3.60. The van der Waals surface area contributed by atoms with Crippen molar-refractivity contribution in [3.63, 3.8) is 0 Å². The Labute approximate surface area is 472 Å². The lowest BCUT2D eigenvalue weighted by Gasteiger charge is -2.34. The third kappa shape index (κ3) is 17.1. The van der Waals surface area contributed by atoms with Gasteiger partial charge in [0.25, 0.3) is 0 Å². The van der Waals surface area contributed by atoms with Gasteiger partial charge < -0.3 is 29.5 Å². The Kier molecular flexibility index (Phi) is 24.9. The molecule has 0 atom stereocenters. The smallest absolute Gasteiger partial charge is 0.438 e. The highest BCUT2D eigenvalue weighted by Gasteiger charge is 2.71. The molecule has 452 valence electrons. The first-order chi connectivity index (χ1) is 38.1. The van der Waals surface area contributed by atoms with Gasteiger partial charge in [-0.1, -0.05) is 88.1 Å². The van der Waals surface area contributed by atoms with E-state index in [0.717, 1.165) is 83.1 Å². The molecule has 0 aliphatic heterocycles. The largest absolute Gasteiger partial charge is 0.493 e. The van der Waals surface area contributed by atoms with Crippen LogP contribution in [0.25, 0.3) is 0 Å². The molecular weight excluding hydrogens is 1100 g/mol. The van der Waals surface area contributed by atoms with Crippen molar-refractivity contribution >= 4 is 11.9 Å². The average molecular weight is 1170 g/mol. The summed E-state index contributed by atoms with van der Waals surface area (Å²) in [6.45, 7) is 18.0. The molecule has 0 heterocycles. The normalized spacial score (nSPS) is 12.5. The van der Waals surface area contributed by atoms with E-state index < -0.39 is 52.7 Å². The molecule has 0 saturated heterocycles. The van der Waals surface area contributed by atoms with Gasteiger partial charge in [0.15, 0.2) is 0 Å². The molecule has 8 nitrogen and oxygen atoms in total. The van der Waals surface area contributed by atoms with Crippen molar-refractivity contribution in [2.45, 2.75) is 186 Å².